The molecule has 0 aromatic heterocycles. The molecule has 0 fully saturated rings. The SMILES string of the molecule is COCc1cc(NC(=O)C(C)(C)Cc2ccccc2OC)cc(C(=O)O)c1. The Hall–Kier alpha value is -2.86. The average Bonchev–Trinajstić information content (AvgIpc) is 2.62. The van der Waals surface area contributed by atoms with Gasteiger partial charge in [-0.2, -0.15) is 0 Å². The largest absolute Gasteiger partial charge is 0.496 e. The van der Waals surface area contributed by atoms with Crippen LogP contribution in [0.5, 0.6) is 5.75 Å². The van der Waals surface area contributed by atoms with E-state index in [1.807, 2.05) is 38.1 Å². The molecule has 0 saturated carbocycles. The Labute approximate surface area is 159 Å². The summed E-state index contributed by atoms with van der Waals surface area (Å²) in [7, 11) is 3.13. The van der Waals surface area contributed by atoms with E-state index in [9.17, 15) is 14.7 Å². The molecular weight excluding hydrogens is 346 g/mol. The van der Waals surface area contributed by atoms with Crippen LogP contribution < -0.4 is 10.1 Å². The van der Waals surface area contributed by atoms with Gasteiger partial charge in [-0.15, -0.1) is 0 Å². The molecule has 0 unspecified atom stereocenters. The van der Waals surface area contributed by atoms with Crippen LogP contribution in [-0.4, -0.2) is 31.2 Å². The summed E-state index contributed by atoms with van der Waals surface area (Å²) in [5, 5.41) is 12.1. The molecule has 0 spiro atoms. The van der Waals surface area contributed by atoms with E-state index in [2.05, 4.69) is 5.32 Å². The third kappa shape index (κ3) is 5.31. The van der Waals surface area contributed by atoms with Crippen molar-refractivity contribution in [2.75, 3.05) is 19.5 Å². The number of ether oxygens (including phenoxy) is 2. The van der Waals surface area contributed by atoms with Crippen LogP contribution in [0.25, 0.3) is 0 Å². The van der Waals surface area contributed by atoms with Crippen LogP contribution in [0.2, 0.25) is 0 Å². The Balaban J connectivity index is 2.23. The minimum absolute atomic E-state index is 0.0994. The van der Waals surface area contributed by atoms with Crippen molar-refractivity contribution in [1.82, 2.24) is 0 Å². The zero-order valence-corrected chi connectivity index (χ0v) is 16.0. The van der Waals surface area contributed by atoms with Crippen molar-refractivity contribution in [3.05, 3.63) is 59.2 Å². The Morgan fingerprint density at radius 3 is 2.44 bits per heavy atom. The average molecular weight is 371 g/mol. The molecule has 144 valence electrons. The predicted molar refractivity (Wildman–Crippen MR) is 103 cm³/mol. The van der Waals surface area contributed by atoms with Gasteiger partial charge in [0.25, 0.3) is 0 Å². The molecule has 2 aromatic rings. The van der Waals surface area contributed by atoms with E-state index >= 15 is 0 Å². The number of carbonyl (C=O) groups is 2. The molecule has 0 aliphatic heterocycles. The lowest BCUT2D eigenvalue weighted by atomic mass is 9.84. The van der Waals surface area contributed by atoms with Crippen LogP contribution in [0.15, 0.2) is 42.5 Å². The summed E-state index contributed by atoms with van der Waals surface area (Å²) in [4.78, 5) is 24.2. The minimum atomic E-state index is -1.06. The van der Waals surface area contributed by atoms with Crippen molar-refractivity contribution in [2.45, 2.75) is 26.9 Å². The standard InChI is InChI=1S/C21H25NO5/c1-21(2,12-15-7-5-6-8-18(15)27-4)20(25)22-17-10-14(13-26-3)9-16(11-17)19(23)24/h5-11H,12-13H2,1-4H3,(H,22,25)(H,23,24). The number of hydrogen-bond acceptors (Lipinski definition) is 4. The third-order valence-electron chi connectivity index (χ3n) is 4.25. The van der Waals surface area contributed by atoms with E-state index < -0.39 is 11.4 Å². The van der Waals surface area contributed by atoms with Crippen molar-refractivity contribution in [1.29, 1.82) is 0 Å². The molecule has 1 amide bonds. The van der Waals surface area contributed by atoms with Gasteiger partial charge in [-0.3, -0.25) is 4.79 Å². The minimum Gasteiger partial charge on any atom is -0.496 e. The van der Waals surface area contributed by atoms with E-state index in [1.165, 1.54) is 19.2 Å². The zero-order valence-electron chi connectivity index (χ0n) is 16.0. The van der Waals surface area contributed by atoms with Gasteiger partial charge in [0.05, 0.1) is 19.3 Å². The maximum atomic E-state index is 12.9. The van der Waals surface area contributed by atoms with Crippen LogP contribution in [0.1, 0.15) is 35.3 Å². The first kappa shape index (κ1) is 20.5. The quantitative estimate of drug-likeness (QED) is 0.738. The second-order valence-electron chi connectivity index (χ2n) is 6.98. The van der Waals surface area contributed by atoms with Crippen LogP contribution >= 0.6 is 0 Å². The summed E-state index contributed by atoms with van der Waals surface area (Å²) in [5.41, 5.74) is 1.41. The van der Waals surface area contributed by atoms with Gasteiger partial charge in [0, 0.05) is 18.2 Å². The van der Waals surface area contributed by atoms with E-state index in [0.29, 0.717) is 17.7 Å². The second-order valence-corrected chi connectivity index (χ2v) is 6.98. The Morgan fingerprint density at radius 1 is 1.11 bits per heavy atom. The molecule has 0 aliphatic rings. The Kier molecular flexibility index (Phi) is 6.58. The fourth-order valence-electron chi connectivity index (χ4n) is 2.84. The van der Waals surface area contributed by atoms with E-state index in [0.717, 1.165) is 11.3 Å². The molecule has 2 rings (SSSR count). The van der Waals surface area contributed by atoms with Crippen molar-refractivity contribution in [2.24, 2.45) is 5.41 Å². The van der Waals surface area contributed by atoms with Gasteiger partial charge in [-0.1, -0.05) is 32.0 Å². The lowest BCUT2D eigenvalue weighted by Crippen LogP contribution is -2.33. The van der Waals surface area contributed by atoms with E-state index in [4.69, 9.17) is 9.47 Å². The Bertz CT molecular complexity index is 829. The first-order valence-electron chi connectivity index (χ1n) is 8.56. The summed E-state index contributed by atoms with van der Waals surface area (Å²) in [6.07, 6.45) is 0.479. The highest BCUT2D eigenvalue weighted by Crippen LogP contribution is 2.29. The first-order valence-corrected chi connectivity index (χ1v) is 8.56. The van der Waals surface area contributed by atoms with E-state index in [-0.39, 0.29) is 18.1 Å². The number of methoxy groups -OCH3 is 2. The first-order chi connectivity index (χ1) is 12.8. The molecule has 2 N–H and O–H groups in total. The number of amides is 1. The van der Waals surface area contributed by atoms with Crippen molar-refractivity contribution < 1.29 is 24.2 Å². The molecule has 6 heteroatoms. The fraction of sp³-hybridized carbons (Fsp3) is 0.333. The highest BCUT2D eigenvalue weighted by atomic mass is 16.5. The van der Waals surface area contributed by atoms with Crippen LogP contribution in [-0.2, 0) is 22.6 Å². The highest BCUT2D eigenvalue weighted by molar-refractivity contribution is 5.97. The topological polar surface area (TPSA) is 84.9 Å². The normalized spacial score (nSPS) is 11.1. The molecule has 27 heavy (non-hydrogen) atoms. The number of rotatable bonds is 8. The molecule has 0 saturated heterocycles. The molecular formula is C21H25NO5. The summed E-state index contributed by atoms with van der Waals surface area (Å²) in [6, 6.07) is 12.3. The molecule has 0 radical (unpaired) electrons. The fourth-order valence-corrected chi connectivity index (χ4v) is 2.84. The van der Waals surface area contributed by atoms with Gasteiger partial charge < -0.3 is 19.9 Å². The summed E-state index contributed by atoms with van der Waals surface area (Å²) in [6.45, 7) is 3.94. The number of carbonyl (C=O) groups excluding carboxylic acids is 1. The van der Waals surface area contributed by atoms with Crippen molar-refractivity contribution in [3.8, 4) is 5.75 Å². The van der Waals surface area contributed by atoms with Crippen molar-refractivity contribution in [3.63, 3.8) is 0 Å². The number of aromatic carboxylic acids is 1. The molecule has 0 bridgehead atoms. The van der Waals surface area contributed by atoms with Gasteiger partial charge in [0.1, 0.15) is 5.75 Å². The smallest absolute Gasteiger partial charge is 0.335 e. The maximum absolute atomic E-state index is 12.9. The summed E-state index contributed by atoms with van der Waals surface area (Å²) >= 11 is 0. The lowest BCUT2D eigenvalue weighted by molar-refractivity contribution is -0.123. The maximum Gasteiger partial charge on any atom is 0.335 e. The molecule has 0 atom stereocenters. The van der Waals surface area contributed by atoms with Gasteiger partial charge >= 0.3 is 5.97 Å². The predicted octanol–water partition coefficient (Wildman–Crippen LogP) is 3.75. The van der Waals surface area contributed by atoms with Crippen LogP contribution in [0.3, 0.4) is 0 Å². The number of para-hydroxylation sites is 1. The second kappa shape index (κ2) is 8.68. The zero-order chi connectivity index (χ0) is 20.0. The number of carboxylic acid groups (broad SMARTS) is 1. The Morgan fingerprint density at radius 2 is 1.81 bits per heavy atom. The van der Waals surface area contributed by atoms with Gasteiger partial charge in [-0.25, -0.2) is 4.79 Å². The van der Waals surface area contributed by atoms with Crippen LogP contribution in [0, 0.1) is 5.41 Å². The van der Waals surface area contributed by atoms with Crippen molar-refractivity contribution >= 4 is 17.6 Å². The summed E-state index contributed by atoms with van der Waals surface area (Å²) < 4.78 is 10.4. The van der Waals surface area contributed by atoms with E-state index in [1.54, 1.807) is 13.2 Å². The molecule has 0 heterocycles. The molecule has 2 aromatic carbocycles. The summed E-state index contributed by atoms with van der Waals surface area (Å²) in [5.74, 6) is -0.537. The number of carboxylic acids is 1. The van der Waals surface area contributed by atoms with Gasteiger partial charge in [-0.05, 0) is 41.8 Å². The van der Waals surface area contributed by atoms with Crippen LogP contribution in [0.4, 0.5) is 5.69 Å². The number of anilines is 1. The number of nitrogens with one attached hydrogen (secondary N) is 1. The molecule has 6 nitrogen and oxygen atoms in total. The highest BCUT2D eigenvalue weighted by Gasteiger charge is 2.29. The number of benzene rings is 2. The third-order valence-corrected chi connectivity index (χ3v) is 4.25. The van der Waals surface area contributed by atoms with Gasteiger partial charge in [0.15, 0.2) is 0 Å². The monoisotopic (exact) mass is 371 g/mol. The molecule has 0 aliphatic carbocycles. The number of hydrogen-bond donors (Lipinski definition) is 2. The lowest BCUT2D eigenvalue weighted by Gasteiger charge is -2.25. The van der Waals surface area contributed by atoms with Gasteiger partial charge in [0.2, 0.25) is 5.91 Å².